The number of esters is 1. The smallest absolute Gasteiger partial charge is 0.303 e. The van der Waals surface area contributed by atoms with E-state index in [1.54, 1.807) is 36.4 Å². The molecule has 0 saturated carbocycles. The number of anilines is 1. The van der Waals surface area contributed by atoms with Gasteiger partial charge in [-0.2, -0.15) is 0 Å². The second-order valence-electron chi connectivity index (χ2n) is 5.09. The molecule has 0 aliphatic heterocycles. The van der Waals surface area contributed by atoms with E-state index < -0.39 is 18.0 Å². The van der Waals surface area contributed by atoms with Gasteiger partial charge in [-0.3, -0.25) is 9.59 Å². The lowest BCUT2D eigenvalue weighted by Gasteiger charge is -2.18. The van der Waals surface area contributed by atoms with Crippen molar-refractivity contribution in [2.24, 2.45) is 0 Å². The van der Waals surface area contributed by atoms with Crippen LogP contribution < -0.4 is 10.1 Å². The van der Waals surface area contributed by atoms with Crippen LogP contribution in [0.5, 0.6) is 5.75 Å². The average molecular weight is 313 g/mol. The number of methoxy groups -OCH3 is 1. The zero-order chi connectivity index (χ0) is 16.8. The van der Waals surface area contributed by atoms with Crippen molar-refractivity contribution in [1.29, 1.82) is 0 Å². The monoisotopic (exact) mass is 313 g/mol. The van der Waals surface area contributed by atoms with Crippen LogP contribution in [0, 0.1) is 6.92 Å². The summed E-state index contributed by atoms with van der Waals surface area (Å²) in [5.74, 6) is -0.418. The predicted molar refractivity (Wildman–Crippen MR) is 87.3 cm³/mol. The SMILES string of the molecule is COc1ccc(C)cc1NC(=O)[C@H](OC(C)=O)c1ccccc1. The van der Waals surface area contributed by atoms with E-state index in [-0.39, 0.29) is 0 Å². The molecule has 2 aromatic rings. The van der Waals surface area contributed by atoms with Crippen LogP contribution in [-0.2, 0) is 14.3 Å². The van der Waals surface area contributed by atoms with Crippen molar-refractivity contribution in [3.8, 4) is 5.75 Å². The molecule has 2 aromatic carbocycles. The predicted octanol–water partition coefficient (Wildman–Crippen LogP) is 3.25. The summed E-state index contributed by atoms with van der Waals surface area (Å²) in [6.45, 7) is 3.19. The molecule has 0 heterocycles. The number of aryl methyl sites for hydroxylation is 1. The van der Waals surface area contributed by atoms with Gasteiger partial charge in [-0.1, -0.05) is 36.4 Å². The second kappa shape index (κ2) is 7.45. The number of carbonyl (C=O) groups excluding carboxylic acids is 2. The van der Waals surface area contributed by atoms with E-state index in [4.69, 9.17) is 9.47 Å². The highest BCUT2D eigenvalue weighted by atomic mass is 16.5. The molecule has 0 fully saturated rings. The highest BCUT2D eigenvalue weighted by molar-refractivity contribution is 5.97. The lowest BCUT2D eigenvalue weighted by molar-refractivity contribution is -0.152. The van der Waals surface area contributed by atoms with E-state index in [0.717, 1.165) is 5.56 Å². The molecule has 0 aliphatic rings. The van der Waals surface area contributed by atoms with Gasteiger partial charge in [-0.25, -0.2) is 0 Å². The average Bonchev–Trinajstić information content (AvgIpc) is 2.53. The quantitative estimate of drug-likeness (QED) is 0.861. The van der Waals surface area contributed by atoms with Crippen molar-refractivity contribution in [2.75, 3.05) is 12.4 Å². The molecule has 1 N–H and O–H groups in total. The van der Waals surface area contributed by atoms with E-state index in [1.807, 2.05) is 19.1 Å². The Balaban J connectivity index is 2.28. The maximum Gasteiger partial charge on any atom is 0.303 e. The zero-order valence-electron chi connectivity index (χ0n) is 13.3. The van der Waals surface area contributed by atoms with Crippen molar-refractivity contribution in [2.45, 2.75) is 20.0 Å². The molecule has 0 bridgehead atoms. The summed E-state index contributed by atoms with van der Waals surface area (Å²) in [5, 5.41) is 2.77. The molecule has 0 spiro atoms. The van der Waals surface area contributed by atoms with Crippen molar-refractivity contribution in [3.05, 3.63) is 59.7 Å². The van der Waals surface area contributed by atoms with Crippen LogP contribution in [0.15, 0.2) is 48.5 Å². The highest BCUT2D eigenvalue weighted by Crippen LogP contribution is 2.27. The van der Waals surface area contributed by atoms with Gasteiger partial charge in [0, 0.05) is 12.5 Å². The van der Waals surface area contributed by atoms with Crippen molar-refractivity contribution < 1.29 is 19.1 Å². The molecular weight excluding hydrogens is 294 g/mol. The summed E-state index contributed by atoms with van der Waals surface area (Å²) < 4.78 is 10.4. The molecule has 120 valence electrons. The van der Waals surface area contributed by atoms with E-state index >= 15 is 0 Å². The van der Waals surface area contributed by atoms with Crippen LogP contribution in [0.25, 0.3) is 0 Å². The third-order valence-electron chi connectivity index (χ3n) is 3.24. The van der Waals surface area contributed by atoms with Crippen molar-refractivity contribution in [1.82, 2.24) is 0 Å². The molecule has 0 aromatic heterocycles. The third kappa shape index (κ3) is 4.32. The van der Waals surface area contributed by atoms with Crippen LogP contribution in [0.1, 0.15) is 24.2 Å². The molecule has 1 amide bonds. The van der Waals surface area contributed by atoms with Gasteiger partial charge in [0.05, 0.1) is 12.8 Å². The molecule has 0 radical (unpaired) electrons. The zero-order valence-corrected chi connectivity index (χ0v) is 13.3. The fourth-order valence-electron chi connectivity index (χ4n) is 2.18. The minimum atomic E-state index is -1.01. The Morgan fingerprint density at radius 1 is 1.09 bits per heavy atom. The minimum Gasteiger partial charge on any atom is -0.495 e. The topological polar surface area (TPSA) is 64.6 Å². The molecule has 0 unspecified atom stereocenters. The van der Waals surface area contributed by atoms with Gasteiger partial charge in [-0.05, 0) is 24.6 Å². The molecule has 23 heavy (non-hydrogen) atoms. The van der Waals surface area contributed by atoms with Crippen LogP contribution in [0.2, 0.25) is 0 Å². The van der Waals surface area contributed by atoms with E-state index in [2.05, 4.69) is 5.32 Å². The van der Waals surface area contributed by atoms with Gasteiger partial charge >= 0.3 is 5.97 Å². The van der Waals surface area contributed by atoms with Crippen LogP contribution in [-0.4, -0.2) is 19.0 Å². The van der Waals surface area contributed by atoms with Crippen LogP contribution in [0.3, 0.4) is 0 Å². The summed E-state index contributed by atoms with van der Waals surface area (Å²) in [7, 11) is 1.53. The molecule has 2 rings (SSSR count). The van der Waals surface area contributed by atoms with E-state index in [1.165, 1.54) is 14.0 Å². The van der Waals surface area contributed by atoms with Gasteiger partial charge in [0.2, 0.25) is 6.10 Å². The van der Waals surface area contributed by atoms with Gasteiger partial charge in [0.15, 0.2) is 0 Å². The lowest BCUT2D eigenvalue weighted by Crippen LogP contribution is -2.25. The summed E-state index contributed by atoms with van der Waals surface area (Å²) in [6, 6.07) is 14.3. The Bertz CT molecular complexity index is 697. The number of carbonyl (C=O) groups is 2. The van der Waals surface area contributed by atoms with Crippen LogP contribution >= 0.6 is 0 Å². The summed E-state index contributed by atoms with van der Waals surface area (Å²) in [6.07, 6.45) is -1.01. The van der Waals surface area contributed by atoms with E-state index in [0.29, 0.717) is 17.0 Å². The normalized spacial score (nSPS) is 11.4. The summed E-state index contributed by atoms with van der Waals surface area (Å²) in [5.41, 5.74) is 2.11. The number of ether oxygens (including phenoxy) is 2. The first kappa shape index (κ1) is 16.5. The van der Waals surface area contributed by atoms with Crippen molar-refractivity contribution in [3.63, 3.8) is 0 Å². The first-order valence-electron chi connectivity index (χ1n) is 7.19. The molecular formula is C18H19NO4. The fourth-order valence-corrected chi connectivity index (χ4v) is 2.18. The van der Waals surface area contributed by atoms with Gasteiger partial charge in [0.1, 0.15) is 5.75 Å². The first-order valence-corrected chi connectivity index (χ1v) is 7.19. The number of nitrogens with one attached hydrogen (secondary N) is 1. The molecule has 0 aliphatic carbocycles. The van der Waals surface area contributed by atoms with E-state index in [9.17, 15) is 9.59 Å². The Morgan fingerprint density at radius 3 is 2.39 bits per heavy atom. The summed E-state index contributed by atoms with van der Waals surface area (Å²) >= 11 is 0. The number of amides is 1. The number of hydrogen-bond acceptors (Lipinski definition) is 4. The molecule has 1 atom stereocenters. The third-order valence-corrected chi connectivity index (χ3v) is 3.24. The Morgan fingerprint density at radius 2 is 1.78 bits per heavy atom. The summed E-state index contributed by atoms with van der Waals surface area (Å²) in [4.78, 5) is 23.9. The van der Waals surface area contributed by atoms with Gasteiger partial charge in [-0.15, -0.1) is 0 Å². The minimum absolute atomic E-state index is 0.435. The molecule has 0 saturated heterocycles. The van der Waals surface area contributed by atoms with Gasteiger partial charge in [0.25, 0.3) is 5.91 Å². The molecule has 5 heteroatoms. The number of hydrogen-bond donors (Lipinski definition) is 1. The highest BCUT2D eigenvalue weighted by Gasteiger charge is 2.24. The standard InChI is InChI=1S/C18H19NO4/c1-12-9-10-16(22-3)15(11-12)19-18(21)17(23-13(2)20)14-7-5-4-6-8-14/h4-11,17H,1-3H3,(H,19,21)/t17-/m1/s1. The largest absolute Gasteiger partial charge is 0.495 e. The maximum atomic E-state index is 12.6. The Kier molecular flexibility index (Phi) is 5.36. The lowest BCUT2D eigenvalue weighted by atomic mass is 10.1. The Labute approximate surface area is 135 Å². The molecule has 5 nitrogen and oxygen atoms in total. The van der Waals surface area contributed by atoms with Crippen molar-refractivity contribution >= 4 is 17.6 Å². The maximum absolute atomic E-state index is 12.6. The first-order chi connectivity index (χ1) is 11.0. The second-order valence-corrected chi connectivity index (χ2v) is 5.09. The number of rotatable bonds is 5. The van der Waals surface area contributed by atoms with Gasteiger partial charge < -0.3 is 14.8 Å². The Hall–Kier alpha value is -2.82. The number of benzene rings is 2. The fraction of sp³-hybridized carbons (Fsp3) is 0.222. The van der Waals surface area contributed by atoms with Crippen LogP contribution in [0.4, 0.5) is 5.69 Å².